The predicted molar refractivity (Wildman–Crippen MR) is 73.0 cm³/mol. The lowest BCUT2D eigenvalue weighted by Gasteiger charge is -2.04. The van der Waals surface area contributed by atoms with Gasteiger partial charge >= 0.3 is 0 Å². The Morgan fingerprint density at radius 3 is 2.71 bits per heavy atom. The fourth-order valence-corrected chi connectivity index (χ4v) is 2.57. The average Bonchev–Trinajstić information content (AvgIpc) is 2.63. The number of aromatic nitrogens is 2. The third-order valence-electron chi connectivity index (χ3n) is 2.13. The third kappa shape index (κ3) is 2.95. The molecule has 1 aromatic carbocycles. The molecule has 0 bridgehead atoms. The molecule has 2 aromatic rings. The van der Waals surface area contributed by atoms with E-state index in [2.05, 4.69) is 42.3 Å². The van der Waals surface area contributed by atoms with E-state index in [9.17, 15) is 4.79 Å². The molecule has 6 heteroatoms. The van der Waals surface area contributed by atoms with Crippen molar-refractivity contribution < 1.29 is 4.79 Å². The zero-order valence-corrected chi connectivity index (χ0v) is 12.1. The SMILES string of the molecule is Cn1ccc(NC(=O)c2ccc(Br)cc2Br)n1. The molecule has 1 amide bonds. The monoisotopic (exact) mass is 357 g/mol. The lowest BCUT2D eigenvalue weighted by atomic mass is 10.2. The summed E-state index contributed by atoms with van der Waals surface area (Å²) < 4.78 is 3.28. The van der Waals surface area contributed by atoms with Crippen LogP contribution in [0.25, 0.3) is 0 Å². The first-order chi connectivity index (χ1) is 8.06. The molecule has 0 fully saturated rings. The van der Waals surface area contributed by atoms with E-state index < -0.39 is 0 Å². The highest BCUT2D eigenvalue weighted by Gasteiger charge is 2.11. The molecule has 0 aliphatic rings. The van der Waals surface area contributed by atoms with Crippen molar-refractivity contribution in [2.75, 3.05) is 5.32 Å². The number of nitrogens with zero attached hydrogens (tertiary/aromatic N) is 2. The number of anilines is 1. The lowest BCUT2D eigenvalue weighted by Crippen LogP contribution is -2.13. The molecule has 4 nitrogen and oxygen atoms in total. The van der Waals surface area contributed by atoms with Gasteiger partial charge in [0.25, 0.3) is 5.91 Å². The molecule has 1 aromatic heterocycles. The van der Waals surface area contributed by atoms with E-state index in [1.807, 2.05) is 12.1 Å². The molecule has 88 valence electrons. The van der Waals surface area contributed by atoms with Gasteiger partial charge in [-0.05, 0) is 34.1 Å². The maximum absolute atomic E-state index is 11.9. The van der Waals surface area contributed by atoms with Gasteiger partial charge < -0.3 is 5.32 Å². The number of halogens is 2. The van der Waals surface area contributed by atoms with E-state index in [4.69, 9.17) is 0 Å². The molecule has 0 atom stereocenters. The number of rotatable bonds is 2. The summed E-state index contributed by atoms with van der Waals surface area (Å²) in [5.41, 5.74) is 0.568. The molecular formula is C11H9Br2N3O. The molecule has 1 heterocycles. The molecule has 0 saturated heterocycles. The third-order valence-corrected chi connectivity index (χ3v) is 3.28. The van der Waals surface area contributed by atoms with Crippen LogP contribution in [0, 0.1) is 0 Å². The molecule has 1 N–H and O–H groups in total. The van der Waals surface area contributed by atoms with Gasteiger partial charge in [0.2, 0.25) is 0 Å². The van der Waals surface area contributed by atoms with Gasteiger partial charge in [0.15, 0.2) is 5.82 Å². The van der Waals surface area contributed by atoms with E-state index in [0.717, 1.165) is 8.95 Å². The molecule has 0 aliphatic carbocycles. The van der Waals surface area contributed by atoms with Gasteiger partial charge in [-0.2, -0.15) is 5.10 Å². The Bertz CT molecular complexity index is 566. The molecule has 0 radical (unpaired) electrons. The van der Waals surface area contributed by atoms with Crippen molar-refractivity contribution in [3.05, 3.63) is 45.0 Å². The highest BCUT2D eigenvalue weighted by atomic mass is 79.9. The van der Waals surface area contributed by atoms with E-state index >= 15 is 0 Å². The summed E-state index contributed by atoms with van der Waals surface area (Å²) in [7, 11) is 1.80. The number of carbonyl (C=O) groups is 1. The number of nitrogens with one attached hydrogen (secondary N) is 1. The minimum absolute atomic E-state index is 0.192. The van der Waals surface area contributed by atoms with Crippen LogP contribution in [-0.2, 0) is 7.05 Å². The van der Waals surface area contributed by atoms with Crippen LogP contribution in [0.1, 0.15) is 10.4 Å². The molecule has 0 aliphatic heterocycles. The first-order valence-corrected chi connectivity index (χ1v) is 6.41. The van der Waals surface area contributed by atoms with Crippen molar-refractivity contribution in [2.45, 2.75) is 0 Å². The van der Waals surface area contributed by atoms with Crippen molar-refractivity contribution in [3.8, 4) is 0 Å². The Morgan fingerprint density at radius 1 is 1.35 bits per heavy atom. The van der Waals surface area contributed by atoms with Crippen LogP contribution in [-0.4, -0.2) is 15.7 Å². The quantitative estimate of drug-likeness (QED) is 0.896. The second kappa shape index (κ2) is 5.01. The molecule has 17 heavy (non-hydrogen) atoms. The summed E-state index contributed by atoms with van der Waals surface area (Å²) in [5, 5.41) is 6.81. The minimum Gasteiger partial charge on any atom is -0.305 e. The smallest absolute Gasteiger partial charge is 0.258 e. The predicted octanol–water partition coefficient (Wildman–Crippen LogP) is 3.20. The number of hydrogen-bond acceptors (Lipinski definition) is 2. The maximum Gasteiger partial charge on any atom is 0.258 e. The molecule has 0 spiro atoms. The van der Waals surface area contributed by atoms with E-state index in [-0.39, 0.29) is 5.91 Å². The Hall–Kier alpha value is -1.14. The summed E-state index contributed by atoms with van der Waals surface area (Å²) >= 11 is 6.69. The fraction of sp³-hybridized carbons (Fsp3) is 0.0909. The standard InChI is InChI=1S/C11H9Br2N3O/c1-16-5-4-10(15-16)14-11(17)8-3-2-7(12)6-9(8)13/h2-6H,1H3,(H,14,15,17). The average molecular weight is 359 g/mol. The Labute approximate surface area is 115 Å². The molecule has 0 unspecified atom stereocenters. The summed E-state index contributed by atoms with van der Waals surface area (Å²) in [6, 6.07) is 7.13. The van der Waals surface area contributed by atoms with Gasteiger partial charge in [-0.3, -0.25) is 9.48 Å². The summed E-state index contributed by atoms with van der Waals surface area (Å²) in [6.07, 6.45) is 1.77. The normalized spacial score (nSPS) is 10.3. The molecule has 0 saturated carbocycles. The van der Waals surface area contributed by atoms with Crippen molar-refractivity contribution in [1.82, 2.24) is 9.78 Å². The maximum atomic E-state index is 11.9. The van der Waals surface area contributed by atoms with Crippen LogP contribution in [0.2, 0.25) is 0 Å². The van der Waals surface area contributed by atoms with E-state index in [1.54, 1.807) is 30.1 Å². The fourth-order valence-electron chi connectivity index (χ4n) is 1.34. The van der Waals surface area contributed by atoms with Crippen molar-refractivity contribution in [1.29, 1.82) is 0 Å². The highest BCUT2D eigenvalue weighted by Crippen LogP contribution is 2.22. The number of carbonyl (C=O) groups excluding carboxylic acids is 1. The van der Waals surface area contributed by atoms with Crippen molar-refractivity contribution >= 4 is 43.6 Å². The minimum atomic E-state index is -0.192. The number of hydrogen-bond donors (Lipinski definition) is 1. The van der Waals surface area contributed by atoms with Crippen molar-refractivity contribution in [2.24, 2.45) is 7.05 Å². The summed E-state index contributed by atoms with van der Waals surface area (Å²) in [5.74, 6) is 0.343. The second-order valence-electron chi connectivity index (χ2n) is 3.45. The van der Waals surface area contributed by atoms with Gasteiger partial charge in [0.05, 0.1) is 5.56 Å². The number of amides is 1. The zero-order valence-electron chi connectivity index (χ0n) is 8.95. The number of benzene rings is 1. The van der Waals surface area contributed by atoms with E-state index in [0.29, 0.717) is 11.4 Å². The molecule has 2 rings (SSSR count). The lowest BCUT2D eigenvalue weighted by molar-refractivity contribution is 0.102. The van der Waals surface area contributed by atoms with Crippen LogP contribution in [0.15, 0.2) is 39.4 Å². The molecular weight excluding hydrogens is 350 g/mol. The van der Waals surface area contributed by atoms with Crippen LogP contribution < -0.4 is 5.32 Å². The van der Waals surface area contributed by atoms with Crippen molar-refractivity contribution in [3.63, 3.8) is 0 Å². The van der Waals surface area contributed by atoms with Crippen LogP contribution in [0.4, 0.5) is 5.82 Å². The highest BCUT2D eigenvalue weighted by molar-refractivity contribution is 9.11. The van der Waals surface area contributed by atoms with E-state index in [1.165, 1.54) is 0 Å². The second-order valence-corrected chi connectivity index (χ2v) is 5.22. The van der Waals surface area contributed by atoms with Crippen LogP contribution in [0.3, 0.4) is 0 Å². The summed E-state index contributed by atoms with van der Waals surface area (Å²) in [6.45, 7) is 0. The van der Waals surface area contributed by atoms with Gasteiger partial charge in [-0.1, -0.05) is 15.9 Å². The van der Waals surface area contributed by atoms with Gasteiger partial charge in [0.1, 0.15) is 0 Å². The Balaban J connectivity index is 2.20. The first-order valence-electron chi connectivity index (χ1n) is 4.82. The summed E-state index contributed by atoms with van der Waals surface area (Å²) in [4.78, 5) is 11.9. The zero-order chi connectivity index (χ0) is 12.4. The Morgan fingerprint density at radius 2 is 2.12 bits per heavy atom. The Kier molecular flexibility index (Phi) is 3.63. The van der Waals surface area contributed by atoms with Crippen LogP contribution >= 0.6 is 31.9 Å². The van der Waals surface area contributed by atoms with Gasteiger partial charge in [0, 0.05) is 28.3 Å². The topological polar surface area (TPSA) is 46.9 Å². The van der Waals surface area contributed by atoms with Gasteiger partial charge in [-0.15, -0.1) is 0 Å². The first kappa shape index (κ1) is 12.3. The van der Waals surface area contributed by atoms with Crippen LogP contribution in [0.5, 0.6) is 0 Å². The number of aryl methyl sites for hydroxylation is 1. The largest absolute Gasteiger partial charge is 0.305 e. The van der Waals surface area contributed by atoms with Gasteiger partial charge in [-0.25, -0.2) is 0 Å².